The van der Waals surface area contributed by atoms with E-state index < -0.39 is 0 Å². The lowest BCUT2D eigenvalue weighted by molar-refractivity contribution is 0.772. The maximum atomic E-state index is 5.25. The molecule has 0 amide bonds. The van der Waals surface area contributed by atoms with Gasteiger partial charge in [0, 0.05) is 5.92 Å². The van der Waals surface area contributed by atoms with Gasteiger partial charge in [0.1, 0.15) is 0 Å². The first-order chi connectivity index (χ1) is 9.56. The molecule has 20 heavy (non-hydrogen) atoms. The molecule has 2 aromatic rings. The second-order valence-corrected chi connectivity index (χ2v) is 5.90. The van der Waals surface area contributed by atoms with Crippen LogP contribution in [0, 0.1) is 25.5 Å². The first-order valence-corrected chi connectivity index (χ1v) is 7.26. The molecule has 0 saturated heterocycles. The van der Waals surface area contributed by atoms with Gasteiger partial charge in [-0.3, -0.25) is 5.10 Å². The Morgan fingerprint density at radius 3 is 2.65 bits per heavy atom. The third-order valence-electron chi connectivity index (χ3n) is 3.81. The molecule has 4 nitrogen and oxygen atoms in total. The topological polar surface area (TPSA) is 46.0 Å². The summed E-state index contributed by atoms with van der Waals surface area (Å²) in [6.45, 7) is 6.34. The Morgan fingerprint density at radius 2 is 1.95 bits per heavy atom. The standard InChI is InChI=1S/C15H18N4S/c1-9-6-11(3)13(7-10(9)2)8-16-19-14(12-4-5-12)17-18-15(19)20/h6-8,12H,4-5H2,1-3H3,(H,18,20)/b16-8-. The van der Waals surface area contributed by atoms with Crippen molar-refractivity contribution in [2.45, 2.75) is 39.5 Å². The predicted octanol–water partition coefficient (Wildman–Crippen LogP) is 3.63. The van der Waals surface area contributed by atoms with Gasteiger partial charge in [0.25, 0.3) is 0 Å². The normalized spacial score (nSPS) is 15.2. The molecule has 0 spiro atoms. The summed E-state index contributed by atoms with van der Waals surface area (Å²) >= 11 is 5.25. The third kappa shape index (κ3) is 2.45. The molecule has 1 aromatic heterocycles. The zero-order chi connectivity index (χ0) is 14.3. The molecule has 0 bridgehead atoms. The summed E-state index contributed by atoms with van der Waals surface area (Å²) in [5.74, 6) is 1.47. The van der Waals surface area contributed by atoms with Crippen LogP contribution < -0.4 is 0 Å². The highest BCUT2D eigenvalue weighted by molar-refractivity contribution is 7.71. The quantitative estimate of drug-likeness (QED) is 0.692. The lowest BCUT2D eigenvalue weighted by atomic mass is 10.0. The maximum Gasteiger partial charge on any atom is 0.216 e. The number of aromatic amines is 1. The number of nitrogens with one attached hydrogen (secondary N) is 1. The molecule has 0 radical (unpaired) electrons. The number of aromatic nitrogens is 3. The van der Waals surface area contributed by atoms with E-state index in [0.29, 0.717) is 10.7 Å². The van der Waals surface area contributed by atoms with E-state index in [1.807, 2.05) is 6.21 Å². The van der Waals surface area contributed by atoms with E-state index in [1.54, 1.807) is 4.68 Å². The van der Waals surface area contributed by atoms with Crippen LogP contribution in [-0.2, 0) is 0 Å². The summed E-state index contributed by atoms with van der Waals surface area (Å²) in [7, 11) is 0. The number of benzene rings is 1. The molecule has 0 atom stereocenters. The second-order valence-electron chi connectivity index (χ2n) is 5.51. The Hall–Kier alpha value is -1.75. The van der Waals surface area contributed by atoms with Crippen LogP contribution in [0.15, 0.2) is 17.2 Å². The van der Waals surface area contributed by atoms with Gasteiger partial charge in [-0.15, -0.1) is 0 Å². The van der Waals surface area contributed by atoms with Crippen LogP contribution in [-0.4, -0.2) is 21.1 Å². The van der Waals surface area contributed by atoms with Gasteiger partial charge in [0.2, 0.25) is 4.77 Å². The van der Waals surface area contributed by atoms with Crippen LogP contribution in [0.2, 0.25) is 0 Å². The van der Waals surface area contributed by atoms with Crippen molar-refractivity contribution in [3.8, 4) is 0 Å². The monoisotopic (exact) mass is 286 g/mol. The first-order valence-electron chi connectivity index (χ1n) is 6.86. The van der Waals surface area contributed by atoms with Crippen LogP contribution in [0.3, 0.4) is 0 Å². The maximum absolute atomic E-state index is 5.25. The van der Waals surface area contributed by atoms with Gasteiger partial charge in [0.05, 0.1) is 6.21 Å². The summed E-state index contributed by atoms with van der Waals surface area (Å²) in [5.41, 5.74) is 4.92. The van der Waals surface area contributed by atoms with Gasteiger partial charge >= 0.3 is 0 Å². The van der Waals surface area contributed by atoms with Gasteiger partial charge < -0.3 is 0 Å². The zero-order valence-electron chi connectivity index (χ0n) is 12.0. The van der Waals surface area contributed by atoms with Gasteiger partial charge in [0.15, 0.2) is 5.82 Å². The summed E-state index contributed by atoms with van der Waals surface area (Å²) in [6, 6.07) is 4.35. The summed E-state index contributed by atoms with van der Waals surface area (Å²) in [6.07, 6.45) is 4.23. The molecule has 3 rings (SSSR count). The lowest BCUT2D eigenvalue weighted by Crippen LogP contribution is -1.99. The summed E-state index contributed by atoms with van der Waals surface area (Å²) < 4.78 is 2.31. The lowest BCUT2D eigenvalue weighted by Gasteiger charge is -2.05. The van der Waals surface area contributed by atoms with Gasteiger partial charge in [-0.1, -0.05) is 6.07 Å². The van der Waals surface area contributed by atoms with Gasteiger partial charge in [-0.25, -0.2) is 0 Å². The number of aryl methyl sites for hydroxylation is 3. The smallest absolute Gasteiger partial charge is 0.216 e. The van der Waals surface area contributed by atoms with Gasteiger partial charge in [-0.05, 0) is 74.2 Å². The highest BCUT2D eigenvalue weighted by Crippen LogP contribution is 2.38. The summed E-state index contributed by atoms with van der Waals surface area (Å²) in [5, 5.41) is 11.6. The number of hydrogen-bond donors (Lipinski definition) is 1. The third-order valence-corrected chi connectivity index (χ3v) is 4.08. The van der Waals surface area contributed by atoms with E-state index in [-0.39, 0.29) is 0 Å². The number of hydrogen-bond acceptors (Lipinski definition) is 3. The molecule has 5 heteroatoms. The Kier molecular flexibility index (Phi) is 3.30. The van der Waals surface area contributed by atoms with E-state index in [1.165, 1.54) is 29.5 Å². The van der Waals surface area contributed by atoms with Crippen LogP contribution in [0.1, 0.15) is 46.8 Å². The number of nitrogens with zero attached hydrogens (tertiary/aromatic N) is 3. The Labute approximate surface area is 123 Å². The van der Waals surface area contributed by atoms with Crippen molar-refractivity contribution in [3.63, 3.8) is 0 Å². The van der Waals surface area contributed by atoms with Crippen LogP contribution >= 0.6 is 12.2 Å². The van der Waals surface area contributed by atoms with E-state index in [0.717, 1.165) is 11.4 Å². The number of H-pyrrole nitrogens is 1. The summed E-state index contributed by atoms with van der Waals surface area (Å²) in [4.78, 5) is 0. The van der Waals surface area contributed by atoms with Crippen LogP contribution in [0.5, 0.6) is 0 Å². The molecule has 1 heterocycles. The fraction of sp³-hybridized carbons (Fsp3) is 0.400. The molecule has 1 aromatic carbocycles. The minimum atomic E-state index is 0.515. The highest BCUT2D eigenvalue weighted by Gasteiger charge is 2.29. The molecule has 1 N–H and O–H groups in total. The first kappa shape index (κ1) is 13.2. The molecule has 1 aliphatic carbocycles. The fourth-order valence-corrected chi connectivity index (χ4v) is 2.45. The van der Waals surface area contributed by atoms with E-state index >= 15 is 0 Å². The zero-order valence-corrected chi connectivity index (χ0v) is 12.8. The molecule has 0 aliphatic heterocycles. The number of rotatable bonds is 3. The van der Waals surface area contributed by atoms with Crippen molar-refractivity contribution in [2.24, 2.45) is 5.10 Å². The molecule has 1 saturated carbocycles. The van der Waals surface area contributed by atoms with Crippen molar-refractivity contribution in [3.05, 3.63) is 45.0 Å². The van der Waals surface area contributed by atoms with Crippen LogP contribution in [0.25, 0.3) is 0 Å². The average molecular weight is 286 g/mol. The fourth-order valence-electron chi connectivity index (χ4n) is 2.26. The molecule has 1 fully saturated rings. The van der Waals surface area contributed by atoms with Gasteiger partial charge in [-0.2, -0.15) is 14.9 Å². The van der Waals surface area contributed by atoms with Crippen molar-refractivity contribution < 1.29 is 0 Å². The van der Waals surface area contributed by atoms with Crippen molar-refractivity contribution in [1.82, 2.24) is 14.9 Å². The average Bonchev–Trinajstić information content (AvgIpc) is 3.17. The van der Waals surface area contributed by atoms with E-state index in [2.05, 4.69) is 48.2 Å². The minimum Gasteiger partial charge on any atom is -0.250 e. The molecule has 1 aliphatic rings. The van der Waals surface area contributed by atoms with Crippen molar-refractivity contribution in [1.29, 1.82) is 0 Å². The largest absolute Gasteiger partial charge is 0.250 e. The minimum absolute atomic E-state index is 0.515. The molecular weight excluding hydrogens is 268 g/mol. The molecule has 104 valence electrons. The molecule has 0 unspecified atom stereocenters. The van der Waals surface area contributed by atoms with Crippen LogP contribution in [0.4, 0.5) is 0 Å². The van der Waals surface area contributed by atoms with Crippen molar-refractivity contribution >= 4 is 18.4 Å². The highest BCUT2D eigenvalue weighted by atomic mass is 32.1. The SMILES string of the molecule is Cc1cc(C)c(/C=N\n2c(C3CC3)n[nH]c2=S)cc1C. The van der Waals surface area contributed by atoms with Crippen molar-refractivity contribution in [2.75, 3.05) is 0 Å². The van der Waals surface area contributed by atoms with E-state index in [4.69, 9.17) is 12.2 Å². The van der Waals surface area contributed by atoms with E-state index in [9.17, 15) is 0 Å². The predicted molar refractivity (Wildman–Crippen MR) is 83.0 cm³/mol. The Bertz CT molecular complexity index is 735. The Balaban J connectivity index is 1.97. The Morgan fingerprint density at radius 1 is 1.25 bits per heavy atom. The second kappa shape index (κ2) is 4.98. The molecular formula is C15H18N4S.